The Balaban J connectivity index is 2.23. The topological polar surface area (TPSA) is 54.9 Å². The normalized spacial score (nSPS) is 10.8. The fourth-order valence-corrected chi connectivity index (χ4v) is 2.94. The van der Waals surface area contributed by atoms with E-state index in [2.05, 4.69) is 30.8 Å². The first kappa shape index (κ1) is 14.1. The van der Waals surface area contributed by atoms with Crippen LogP contribution in [0.2, 0.25) is 0 Å². The molecule has 1 amide bonds. The zero-order chi connectivity index (χ0) is 14.0. The van der Waals surface area contributed by atoms with Gasteiger partial charge in [0.15, 0.2) is 0 Å². The molecular weight excluding hydrogens is 326 g/mol. The van der Waals surface area contributed by atoms with E-state index in [-0.39, 0.29) is 11.8 Å². The molecule has 6 heteroatoms. The first-order valence-corrected chi connectivity index (χ1v) is 7.45. The largest absolute Gasteiger partial charge is 0.320 e. The van der Waals surface area contributed by atoms with Gasteiger partial charge in [0.1, 0.15) is 4.88 Å². The van der Waals surface area contributed by atoms with Gasteiger partial charge in [-0.15, -0.1) is 5.10 Å². The lowest BCUT2D eigenvalue weighted by Gasteiger charge is -2.08. The van der Waals surface area contributed by atoms with Gasteiger partial charge in [-0.2, -0.15) is 0 Å². The first-order valence-electron chi connectivity index (χ1n) is 5.88. The van der Waals surface area contributed by atoms with E-state index in [4.69, 9.17) is 0 Å². The molecule has 0 bridgehead atoms. The Kier molecular flexibility index (Phi) is 4.31. The molecule has 0 radical (unpaired) electrons. The van der Waals surface area contributed by atoms with Crippen LogP contribution in [0.3, 0.4) is 0 Å². The Morgan fingerprint density at radius 2 is 2.16 bits per heavy atom. The summed E-state index contributed by atoms with van der Waals surface area (Å²) in [5.74, 6) is 0.0178. The summed E-state index contributed by atoms with van der Waals surface area (Å²) in [7, 11) is 0. The average Bonchev–Trinajstić information content (AvgIpc) is 2.82. The fourth-order valence-electron chi connectivity index (χ4n) is 1.63. The molecule has 0 aliphatic carbocycles. The molecule has 0 spiro atoms. The summed E-state index contributed by atoms with van der Waals surface area (Å²) < 4.78 is 4.73. The number of hydrogen-bond donors (Lipinski definition) is 1. The highest BCUT2D eigenvalue weighted by molar-refractivity contribution is 9.10. The van der Waals surface area contributed by atoms with E-state index in [1.54, 1.807) is 0 Å². The van der Waals surface area contributed by atoms with Gasteiger partial charge in [-0.3, -0.25) is 4.79 Å². The number of carbonyl (C=O) groups excluding carboxylic acids is 1. The molecule has 0 saturated heterocycles. The maximum Gasteiger partial charge on any atom is 0.269 e. The molecule has 0 unspecified atom stereocenters. The highest BCUT2D eigenvalue weighted by Gasteiger charge is 2.19. The number of carbonyl (C=O) groups is 1. The van der Waals surface area contributed by atoms with E-state index in [0.717, 1.165) is 32.9 Å². The van der Waals surface area contributed by atoms with Crippen LogP contribution in [0.15, 0.2) is 22.7 Å². The quantitative estimate of drug-likeness (QED) is 0.919. The molecule has 100 valence electrons. The van der Waals surface area contributed by atoms with Gasteiger partial charge in [-0.1, -0.05) is 24.4 Å². The number of nitrogens with one attached hydrogen (secondary N) is 1. The van der Waals surface area contributed by atoms with E-state index in [0.29, 0.717) is 4.88 Å². The van der Waals surface area contributed by atoms with Crippen LogP contribution in [-0.4, -0.2) is 15.5 Å². The van der Waals surface area contributed by atoms with Crippen molar-refractivity contribution in [3.05, 3.63) is 38.8 Å². The van der Waals surface area contributed by atoms with Crippen molar-refractivity contribution in [3.63, 3.8) is 0 Å². The Morgan fingerprint density at radius 1 is 1.42 bits per heavy atom. The maximum atomic E-state index is 12.2. The van der Waals surface area contributed by atoms with Gasteiger partial charge in [0.05, 0.1) is 11.4 Å². The Bertz CT molecular complexity index is 610. The second-order valence-electron chi connectivity index (χ2n) is 4.58. The number of hydrogen-bond acceptors (Lipinski definition) is 4. The van der Waals surface area contributed by atoms with E-state index in [1.807, 2.05) is 39.0 Å². The third kappa shape index (κ3) is 3.19. The standard InChI is InChI=1S/C13H14BrN3OS/c1-7(2)11-12(19-17-16-11)13(18)15-10-5-4-8(3)6-9(10)14/h4-7H,1-3H3,(H,15,18). The van der Waals surface area contributed by atoms with Crippen LogP contribution in [0.25, 0.3) is 0 Å². The molecule has 0 aliphatic heterocycles. The van der Waals surface area contributed by atoms with Gasteiger partial charge in [0, 0.05) is 4.47 Å². The Morgan fingerprint density at radius 3 is 2.79 bits per heavy atom. The summed E-state index contributed by atoms with van der Waals surface area (Å²) in [4.78, 5) is 12.8. The molecule has 2 rings (SSSR count). The van der Waals surface area contributed by atoms with Crippen LogP contribution < -0.4 is 5.32 Å². The van der Waals surface area contributed by atoms with E-state index >= 15 is 0 Å². The van der Waals surface area contributed by atoms with Crippen LogP contribution in [0.1, 0.15) is 40.7 Å². The number of nitrogens with zero attached hydrogens (tertiary/aromatic N) is 2. The monoisotopic (exact) mass is 339 g/mol. The van der Waals surface area contributed by atoms with Gasteiger partial charge < -0.3 is 5.32 Å². The van der Waals surface area contributed by atoms with Crippen molar-refractivity contribution in [3.8, 4) is 0 Å². The third-order valence-corrected chi connectivity index (χ3v) is 4.04. The van der Waals surface area contributed by atoms with Crippen molar-refractivity contribution in [1.82, 2.24) is 9.59 Å². The SMILES string of the molecule is Cc1ccc(NC(=O)c2snnc2C(C)C)c(Br)c1. The van der Waals surface area contributed by atoms with Crippen LogP contribution in [0, 0.1) is 6.92 Å². The lowest BCUT2D eigenvalue weighted by Crippen LogP contribution is -2.13. The zero-order valence-electron chi connectivity index (χ0n) is 10.9. The summed E-state index contributed by atoms with van der Waals surface area (Å²) in [5.41, 5.74) is 2.62. The lowest BCUT2D eigenvalue weighted by atomic mass is 10.1. The van der Waals surface area contributed by atoms with Crippen molar-refractivity contribution in [2.45, 2.75) is 26.7 Å². The molecular formula is C13H14BrN3OS. The number of aryl methyl sites for hydroxylation is 1. The molecule has 0 aliphatic rings. The number of amides is 1. The zero-order valence-corrected chi connectivity index (χ0v) is 13.3. The smallest absolute Gasteiger partial charge is 0.269 e. The van der Waals surface area contributed by atoms with Crippen molar-refractivity contribution >= 4 is 39.1 Å². The highest BCUT2D eigenvalue weighted by atomic mass is 79.9. The molecule has 0 atom stereocenters. The van der Waals surface area contributed by atoms with Crippen molar-refractivity contribution < 1.29 is 4.79 Å². The molecule has 19 heavy (non-hydrogen) atoms. The first-order chi connectivity index (χ1) is 8.99. The molecule has 1 N–H and O–H groups in total. The number of rotatable bonds is 3. The molecule has 4 nitrogen and oxygen atoms in total. The summed E-state index contributed by atoms with van der Waals surface area (Å²) >= 11 is 4.57. The van der Waals surface area contributed by atoms with E-state index in [1.165, 1.54) is 0 Å². The molecule has 1 aromatic carbocycles. The lowest BCUT2D eigenvalue weighted by molar-refractivity contribution is 0.102. The van der Waals surface area contributed by atoms with Crippen LogP contribution in [-0.2, 0) is 0 Å². The molecule has 0 saturated carbocycles. The third-order valence-electron chi connectivity index (χ3n) is 2.64. The predicted molar refractivity (Wildman–Crippen MR) is 80.8 cm³/mol. The minimum absolute atomic E-state index is 0.164. The summed E-state index contributed by atoms with van der Waals surface area (Å²) in [6.07, 6.45) is 0. The number of aromatic nitrogens is 2. The van der Waals surface area contributed by atoms with Crippen LogP contribution in [0.4, 0.5) is 5.69 Å². The van der Waals surface area contributed by atoms with Gasteiger partial charge in [-0.05, 0) is 58.0 Å². The van der Waals surface area contributed by atoms with Gasteiger partial charge in [-0.25, -0.2) is 0 Å². The maximum absolute atomic E-state index is 12.2. The van der Waals surface area contributed by atoms with E-state index in [9.17, 15) is 4.79 Å². The molecule has 1 heterocycles. The predicted octanol–water partition coefficient (Wildman–Crippen LogP) is 3.98. The second-order valence-corrected chi connectivity index (χ2v) is 6.19. The van der Waals surface area contributed by atoms with Crippen molar-refractivity contribution in [2.24, 2.45) is 0 Å². The number of halogens is 1. The summed E-state index contributed by atoms with van der Waals surface area (Å²) in [5, 5.41) is 6.89. The molecule has 2 aromatic rings. The average molecular weight is 340 g/mol. The summed E-state index contributed by atoms with van der Waals surface area (Å²) in [6, 6.07) is 5.79. The second kappa shape index (κ2) is 5.79. The molecule has 0 fully saturated rings. The molecule has 1 aromatic heterocycles. The van der Waals surface area contributed by atoms with Gasteiger partial charge in [0.25, 0.3) is 5.91 Å². The summed E-state index contributed by atoms with van der Waals surface area (Å²) in [6.45, 7) is 5.99. The number of benzene rings is 1. The number of anilines is 1. The Labute approximate surface area is 124 Å². The van der Waals surface area contributed by atoms with Crippen LogP contribution >= 0.6 is 27.5 Å². The highest BCUT2D eigenvalue weighted by Crippen LogP contribution is 2.26. The minimum atomic E-state index is -0.164. The fraction of sp³-hybridized carbons (Fsp3) is 0.308. The van der Waals surface area contributed by atoms with E-state index < -0.39 is 0 Å². The van der Waals surface area contributed by atoms with Crippen LogP contribution in [0.5, 0.6) is 0 Å². The minimum Gasteiger partial charge on any atom is -0.320 e. The Hall–Kier alpha value is -1.27. The van der Waals surface area contributed by atoms with Gasteiger partial charge in [0.2, 0.25) is 0 Å². The van der Waals surface area contributed by atoms with Crippen molar-refractivity contribution in [2.75, 3.05) is 5.32 Å². The van der Waals surface area contributed by atoms with Gasteiger partial charge >= 0.3 is 0 Å². The van der Waals surface area contributed by atoms with Crippen molar-refractivity contribution in [1.29, 1.82) is 0 Å².